The summed E-state index contributed by atoms with van der Waals surface area (Å²) in [6.07, 6.45) is -4.25. The number of hydrogen-bond donors (Lipinski definition) is 0. The Morgan fingerprint density at radius 1 is 1.03 bits per heavy atom. The molecule has 0 radical (unpaired) electrons. The van der Waals surface area contributed by atoms with Crippen molar-refractivity contribution in [3.05, 3.63) is 65.2 Å². The highest BCUT2D eigenvalue weighted by Gasteiger charge is 2.37. The first-order valence-corrected chi connectivity index (χ1v) is 13.4. The Hall–Kier alpha value is -3.12. The van der Waals surface area contributed by atoms with E-state index in [0.29, 0.717) is 24.9 Å². The van der Waals surface area contributed by atoms with Gasteiger partial charge in [-0.05, 0) is 75.6 Å². The van der Waals surface area contributed by atoms with Gasteiger partial charge in [0.2, 0.25) is 10.0 Å². The summed E-state index contributed by atoms with van der Waals surface area (Å²) >= 11 is 0. The van der Waals surface area contributed by atoms with E-state index in [1.807, 2.05) is 0 Å². The zero-order valence-electron chi connectivity index (χ0n) is 21.6. The first-order chi connectivity index (χ1) is 17.6. The number of nitrogens with zero attached hydrogens (tertiary/aromatic N) is 2. The molecule has 0 spiro atoms. The average molecular weight is 557 g/mol. The van der Waals surface area contributed by atoms with E-state index < -0.39 is 45.5 Å². The Morgan fingerprint density at radius 3 is 2.16 bits per heavy atom. The maximum atomic E-state index is 13.8. The number of carbonyl (C=O) groups excluding carboxylic acids is 2. The van der Waals surface area contributed by atoms with E-state index in [1.54, 1.807) is 32.9 Å². The zero-order chi connectivity index (χ0) is 28.3. The van der Waals surface area contributed by atoms with E-state index in [4.69, 9.17) is 9.47 Å². The number of methoxy groups -OCH3 is 1. The molecule has 12 heteroatoms. The van der Waals surface area contributed by atoms with Crippen LogP contribution in [0.4, 0.5) is 18.0 Å². The molecule has 1 aliphatic rings. The highest BCUT2D eigenvalue weighted by molar-refractivity contribution is 7.89. The number of hydrogen-bond acceptors (Lipinski definition) is 6. The third kappa shape index (κ3) is 7.25. The molecule has 8 nitrogen and oxygen atoms in total. The molecule has 1 fully saturated rings. The topological polar surface area (TPSA) is 93.2 Å². The summed E-state index contributed by atoms with van der Waals surface area (Å²) in [5, 5.41) is 0. The quantitative estimate of drug-likeness (QED) is 0.461. The van der Waals surface area contributed by atoms with Gasteiger partial charge in [0.1, 0.15) is 5.60 Å². The number of halogens is 3. The number of amides is 1. The first kappa shape index (κ1) is 29.4. The van der Waals surface area contributed by atoms with Crippen LogP contribution in [0, 0.1) is 0 Å². The minimum Gasteiger partial charge on any atom is -0.465 e. The Labute approximate surface area is 220 Å². The molecule has 0 N–H and O–H groups in total. The van der Waals surface area contributed by atoms with Crippen molar-refractivity contribution in [1.29, 1.82) is 0 Å². The fourth-order valence-electron chi connectivity index (χ4n) is 4.09. The maximum absolute atomic E-state index is 13.8. The highest BCUT2D eigenvalue weighted by atomic mass is 32.2. The molecule has 38 heavy (non-hydrogen) atoms. The van der Waals surface area contributed by atoms with Crippen molar-refractivity contribution >= 4 is 22.1 Å². The van der Waals surface area contributed by atoms with Crippen molar-refractivity contribution in [2.24, 2.45) is 0 Å². The summed E-state index contributed by atoms with van der Waals surface area (Å²) in [6.45, 7) is 5.49. The van der Waals surface area contributed by atoms with Crippen LogP contribution < -0.4 is 0 Å². The lowest BCUT2D eigenvalue weighted by atomic mass is 10.1. The van der Waals surface area contributed by atoms with E-state index in [0.717, 1.165) is 24.3 Å². The van der Waals surface area contributed by atoms with Crippen molar-refractivity contribution in [2.75, 3.05) is 20.2 Å². The molecule has 0 aliphatic carbocycles. The van der Waals surface area contributed by atoms with Crippen LogP contribution in [0.2, 0.25) is 0 Å². The minimum atomic E-state index is -4.61. The van der Waals surface area contributed by atoms with E-state index in [1.165, 1.54) is 28.4 Å². The smallest absolute Gasteiger partial charge is 0.416 e. The van der Waals surface area contributed by atoms with Crippen LogP contribution in [0.5, 0.6) is 0 Å². The molecule has 3 rings (SSSR count). The zero-order valence-corrected chi connectivity index (χ0v) is 22.4. The fourth-order valence-corrected chi connectivity index (χ4v) is 5.72. The number of piperidine rings is 1. The van der Waals surface area contributed by atoms with Crippen molar-refractivity contribution in [1.82, 2.24) is 9.21 Å². The van der Waals surface area contributed by atoms with Gasteiger partial charge in [-0.25, -0.2) is 18.0 Å². The summed E-state index contributed by atoms with van der Waals surface area (Å²) in [4.78, 5) is 25.6. The normalized spacial score (nSPS) is 16.8. The number of alkyl halides is 3. The van der Waals surface area contributed by atoms with Crippen molar-refractivity contribution in [2.45, 2.75) is 62.9 Å². The Balaban J connectivity index is 1.95. The molecule has 0 unspecified atom stereocenters. The van der Waals surface area contributed by atoms with Crippen LogP contribution in [0.1, 0.15) is 55.1 Å². The molecule has 0 saturated carbocycles. The SMILES string of the molecule is COC(=O)c1ccc(CN([C@@H]2CCCN(C(=O)OC(C)(C)C)C2)S(=O)(=O)c2ccc(C(F)(F)F)cc2)cc1. The second-order valence-electron chi connectivity index (χ2n) is 9.98. The molecule has 1 heterocycles. The summed E-state index contributed by atoms with van der Waals surface area (Å²) in [5.74, 6) is -0.550. The second-order valence-corrected chi connectivity index (χ2v) is 11.9. The summed E-state index contributed by atoms with van der Waals surface area (Å²) in [7, 11) is -3.04. The van der Waals surface area contributed by atoms with Crippen LogP contribution in [-0.4, -0.2) is 61.5 Å². The van der Waals surface area contributed by atoms with Gasteiger partial charge in [-0.1, -0.05) is 12.1 Å². The minimum absolute atomic E-state index is 0.0506. The van der Waals surface area contributed by atoms with E-state index in [9.17, 15) is 31.2 Å². The van der Waals surface area contributed by atoms with Gasteiger partial charge in [0.15, 0.2) is 0 Å². The van der Waals surface area contributed by atoms with Crippen molar-refractivity contribution in [3.8, 4) is 0 Å². The monoisotopic (exact) mass is 556 g/mol. The van der Waals surface area contributed by atoms with E-state index >= 15 is 0 Å². The van der Waals surface area contributed by atoms with Crippen LogP contribution in [0.3, 0.4) is 0 Å². The Bertz CT molecular complexity index is 1240. The lowest BCUT2D eigenvalue weighted by Crippen LogP contribution is -2.52. The Kier molecular flexibility index (Phi) is 8.77. The van der Waals surface area contributed by atoms with Gasteiger partial charge in [-0.3, -0.25) is 0 Å². The van der Waals surface area contributed by atoms with Gasteiger partial charge < -0.3 is 14.4 Å². The number of likely N-dealkylation sites (tertiary alicyclic amines) is 1. The van der Waals surface area contributed by atoms with Gasteiger partial charge in [0, 0.05) is 25.7 Å². The molecule has 2 aromatic rings. The summed E-state index contributed by atoms with van der Waals surface area (Å²) in [6, 6.07) is 8.81. The number of sulfonamides is 1. The van der Waals surface area contributed by atoms with Gasteiger partial charge in [0.25, 0.3) is 0 Å². The number of carbonyl (C=O) groups is 2. The van der Waals surface area contributed by atoms with Gasteiger partial charge >= 0.3 is 18.2 Å². The maximum Gasteiger partial charge on any atom is 0.416 e. The third-order valence-electron chi connectivity index (χ3n) is 5.96. The molecule has 2 aromatic carbocycles. The first-order valence-electron chi connectivity index (χ1n) is 12.0. The lowest BCUT2D eigenvalue weighted by Gasteiger charge is -2.39. The van der Waals surface area contributed by atoms with Crippen LogP contribution in [0.15, 0.2) is 53.4 Å². The van der Waals surface area contributed by atoms with Gasteiger partial charge in [-0.2, -0.15) is 17.5 Å². The average Bonchev–Trinajstić information content (AvgIpc) is 2.85. The highest BCUT2D eigenvalue weighted by Crippen LogP contribution is 2.32. The van der Waals surface area contributed by atoms with E-state index in [2.05, 4.69) is 0 Å². The largest absolute Gasteiger partial charge is 0.465 e. The van der Waals surface area contributed by atoms with Crippen LogP contribution in [-0.2, 0) is 32.2 Å². The lowest BCUT2D eigenvalue weighted by molar-refractivity contribution is -0.137. The van der Waals surface area contributed by atoms with Crippen LogP contribution in [0.25, 0.3) is 0 Å². The molecule has 0 aromatic heterocycles. The van der Waals surface area contributed by atoms with Gasteiger partial charge in [-0.15, -0.1) is 0 Å². The number of rotatable bonds is 6. The number of ether oxygens (including phenoxy) is 2. The number of benzene rings is 2. The van der Waals surface area contributed by atoms with Crippen molar-refractivity contribution in [3.63, 3.8) is 0 Å². The molecule has 1 atom stereocenters. The molecule has 208 valence electrons. The molecular formula is C26H31F3N2O6S. The van der Waals surface area contributed by atoms with E-state index in [-0.39, 0.29) is 23.5 Å². The molecule has 1 saturated heterocycles. The fraction of sp³-hybridized carbons (Fsp3) is 0.462. The molecular weight excluding hydrogens is 525 g/mol. The molecule has 1 amide bonds. The Morgan fingerprint density at radius 2 is 1.63 bits per heavy atom. The predicted octanol–water partition coefficient (Wildman–Crippen LogP) is 5.08. The predicted molar refractivity (Wildman–Crippen MR) is 133 cm³/mol. The summed E-state index contributed by atoms with van der Waals surface area (Å²) < 4.78 is 78.0. The van der Waals surface area contributed by atoms with Crippen molar-refractivity contribution < 1.29 is 40.7 Å². The standard InChI is InChI=1S/C26H31F3N2O6S/c1-25(2,3)37-24(33)30-15-5-6-21(17-30)31(16-18-7-9-19(10-8-18)23(32)36-4)38(34,35)22-13-11-20(12-14-22)26(27,28)29/h7-14,21H,5-6,15-17H2,1-4H3/t21-/m1/s1. The summed E-state index contributed by atoms with van der Waals surface area (Å²) in [5.41, 5.74) is -0.878. The molecule has 1 aliphatic heterocycles. The molecule has 0 bridgehead atoms. The number of esters is 1. The van der Waals surface area contributed by atoms with Crippen LogP contribution >= 0.6 is 0 Å². The second kappa shape index (κ2) is 11.3. The third-order valence-corrected chi connectivity index (χ3v) is 7.87. The van der Waals surface area contributed by atoms with Gasteiger partial charge in [0.05, 0.1) is 23.1 Å².